The number of allylic oxidation sites excluding steroid dienone is 1. The van der Waals surface area contributed by atoms with Crippen molar-refractivity contribution in [2.45, 2.75) is 0 Å². The van der Waals surface area contributed by atoms with Gasteiger partial charge in [-0.3, -0.25) is 9.52 Å². The molecular formula is C27H28N2O7S. The molecule has 0 unspecified atom stereocenters. The highest BCUT2D eigenvalue weighted by atomic mass is 32.2. The Hall–Kier alpha value is -4.44. The highest BCUT2D eigenvalue weighted by Gasteiger charge is 2.14. The Morgan fingerprint density at radius 3 is 2.05 bits per heavy atom. The van der Waals surface area contributed by atoms with Crippen LogP contribution in [0.3, 0.4) is 0 Å². The summed E-state index contributed by atoms with van der Waals surface area (Å²) in [6.07, 6.45) is 4.22. The van der Waals surface area contributed by atoms with Crippen molar-refractivity contribution in [3.63, 3.8) is 0 Å². The van der Waals surface area contributed by atoms with Crippen LogP contribution in [0.1, 0.15) is 15.9 Å². The molecule has 0 aliphatic heterocycles. The molecule has 0 saturated heterocycles. The van der Waals surface area contributed by atoms with Crippen LogP contribution in [-0.2, 0) is 10.0 Å². The lowest BCUT2D eigenvalue weighted by molar-refractivity contribution is 0.104. The van der Waals surface area contributed by atoms with E-state index in [-0.39, 0.29) is 11.5 Å². The number of sulfonamides is 1. The van der Waals surface area contributed by atoms with Gasteiger partial charge in [0.25, 0.3) is 10.0 Å². The Morgan fingerprint density at radius 2 is 1.46 bits per heavy atom. The first-order valence-electron chi connectivity index (χ1n) is 11.0. The van der Waals surface area contributed by atoms with Gasteiger partial charge >= 0.3 is 0 Å². The predicted molar refractivity (Wildman–Crippen MR) is 144 cm³/mol. The van der Waals surface area contributed by atoms with Gasteiger partial charge in [0.2, 0.25) is 0 Å². The van der Waals surface area contributed by atoms with E-state index in [0.717, 1.165) is 5.41 Å². The van der Waals surface area contributed by atoms with Crippen molar-refractivity contribution in [2.24, 2.45) is 0 Å². The second kappa shape index (κ2) is 12.5. The number of methoxy groups -OCH3 is 4. The van der Waals surface area contributed by atoms with Crippen molar-refractivity contribution in [1.29, 1.82) is 0 Å². The van der Waals surface area contributed by atoms with E-state index < -0.39 is 10.0 Å². The van der Waals surface area contributed by atoms with Crippen LogP contribution in [0.15, 0.2) is 78.3 Å². The van der Waals surface area contributed by atoms with Gasteiger partial charge < -0.3 is 24.3 Å². The molecule has 9 nitrogen and oxygen atoms in total. The van der Waals surface area contributed by atoms with E-state index in [1.54, 1.807) is 54.6 Å². The monoisotopic (exact) mass is 524 g/mol. The fourth-order valence-electron chi connectivity index (χ4n) is 3.34. The summed E-state index contributed by atoms with van der Waals surface area (Å²) >= 11 is 0. The number of carbonyl (C=O) groups is 1. The first-order chi connectivity index (χ1) is 17.8. The van der Waals surface area contributed by atoms with E-state index in [9.17, 15) is 13.2 Å². The molecule has 0 amide bonds. The van der Waals surface area contributed by atoms with Gasteiger partial charge in [-0.15, -0.1) is 0 Å². The fraction of sp³-hybridized carbons (Fsp3) is 0.148. The largest absolute Gasteiger partial charge is 0.496 e. The SMILES string of the molecule is COc1cc(OC)c(/C=C/S(=O)(=O)Nc2ccc(OC)c(N/C=C\C(=O)c3ccccc3)c2)c(OC)c1. The highest BCUT2D eigenvalue weighted by molar-refractivity contribution is 7.95. The van der Waals surface area contributed by atoms with E-state index >= 15 is 0 Å². The molecule has 10 heteroatoms. The van der Waals surface area contributed by atoms with Crippen LogP contribution in [0.5, 0.6) is 23.0 Å². The summed E-state index contributed by atoms with van der Waals surface area (Å²) in [5.74, 6) is 1.55. The minimum Gasteiger partial charge on any atom is -0.496 e. The number of anilines is 2. The first kappa shape index (κ1) is 27.2. The van der Waals surface area contributed by atoms with E-state index in [1.165, 1.54) is 46.8 Å². The van der Waals surface area contributed by atoms with Gasteiger partial charge in [0.1, 0.15) is 23.0 Å². The second-order valence-corrected chi connectivity index (χ2v) is 9.08. The molecule has 3 aromatic rings. The Morgan fingerprint density at radius 1 is 0.811 bits per heavy atom. The number of nitrogens with one attached hydrogen (secondary N) is 2. The summed E-state index contributed by atoms with van der Waals surface area (Å²) in [7, 11) is 2.00. The Balaban J connectivity index is 1.79. The summed E-state index contributed by atoms with van der Waals surface area (Å²) in [4.78, 5) is 12.3. The standard InChI is InChI=1S/C27H28N2O7S/c1-33-21-17-26(35-3)22(27(18-21)36-4)13-15-37(31,32)29-20-10-11-25(34-2)23(16-20)28-14-12-24(30)19-8-6-5-7-9-19/h5-18,28-29H,1-4H3/b14-12-,15-13+. The maximum absolute atomic E-state index is 12.8. The number of carbonyl (C=O) groups excluding carboxylic acids is 1. The maximum Gasteiger partial charge on any atom is 0.255 e. The van der Waals surface area contributed by atoms with Crippen LogP contribution in [0, 0.1) is 0 Å². The van der Waals surface area contributed by atoms with Crippen molar-refractivity contribution >= 4 is 33.3 Å². The summed E-state index contributed by atoms with van der Waals surface area (Å²) in [5, 5.41) is 3.98. The van der Waals surface area contributed by atoms with Gasteiger partial charge in [-0.25, -0.2) is 8.42 Å². The Labute approximate surface area is 216 Å². The molecule has 0 spiro atoms. The summed E-state index contributed by atoms with van der Waals surface area (Å²) in [6.45, 7) is 0. The molecule has 0 fully saturated rings. The number of hydrogen-bond donors (Lipinski definition) is 2. The minimum absolute atomic E-state index is 0.182. The van der Waals surface area contributed by atoms with Crippen LogP contribution >= 0.6 is 0 Å². The lowest BCUT2D eigenvalue weighted by atomic mass is 10.1. The summed E-state index contributed by atoms with van der Waals surface area (Å²) in [6, 6.07) is 16.8. The van der Waals surface area contributed by atoms with Crippen LogP contribution < -0.4 is 29.0 Å². The zero-order valence-electron chi connectivity index (χ0n) is 20.8. The first-order valence-corrected chi connectivity index (χ1v) is 12.6. The van der Waals surface area contributed by atoms with E-state index in [2.05, 4.69) is 10.0 Å². The van der Waals surface area contributed by atoms with Gasteiger partial charge in [-0.1, -0.05) is 30.3 Å². The van der Waals surface area contributed by atoms with Crippen LogP contribution in [0.2, 0.25) is 0 Å². The molecule has 0 radical (unpaired) electrons. The van der Waals surface area contributed by atoms with Crippen LogP contribution in [0.25, 0.3) is 6.08 Å². The van der Waals surface area contributed by atoms with Crippen molar-refractivity contribution < 1.29 is 32.2 Å². The zero-order valence-corrected chi connectivity index (χ0v) is 21.7. The molecule has 0 aromatic heterocycles. The number of ketones is 1. The quantitative estimate of drug-likeness (QED) is 0.253. The molecular weight excluding hydrogens is 496 g/mol. The molecule has 0 bridgehead atoms. The minimum atomic E-state index is -3.92. The van der Waals surface area contributed by atoms with E-state index in [0.29, 0.717) is 39.8 Å². The molecule has 0 aliphatic rings. The average Bonchev–Trinajstić information content (AvgIpc) is 2.91. The molecule has 37 heavy (non-hydrogen) atoms. The number of ether oxygens (including phenoxy) is 4. The van der Waals surface area contributed by atoms with Gasteiger partial charge in [0.15, 0.2) is 5.78 Å². The molecule has 3 aromatic carbocycles. The third kappa shape index (κ3) is 7.28. The molecule has 0 heterocycles. The van der Waals surface area contributed by atoms with Gasteiger partial charge in [0.05, 0.1) is 50.8 Å². The van der Waals surface area contributed by atoms with Crippen molar-refractivity contribution in [3.05, 3.63) is 89.5 Å². The summed E-state index contributed by atoms with van der Waals surface area (Å²) in [5.41, 5.74) is 1.72. The Kier molecular flexibility index (Phi) is 9.17. The second-order valence-electron chi connectivity index (χ2n) is 7.52. The third-order valence-electron chi connectivity index (χ3n) is 5.16. The number of benzene rings is 3. The molecule has 0 atom stereocenters. The molecule has 0 saturated carbocycles. The van der Waals surface area contributed by atoms with E-state index in [4.69, 9.17) is 18.9 Å². The van der Waals surface area contributed by atoms with Gasteiger partial charge in [-0.2, -0.15) is 0 Å². The molecule has 194 valence electrons. The van der Waals surface area contributed by atoms with Crippen molar-refractivity contribution in [3.8, 4) is 23.0 Å². The molecule has 2 N–H and O–H groups in total. The zero-order chi connectivity index (χ0) is 26.8. The van der Waals surface area contributed by atoms with Crippen LogP contribution in [0.4, 0.5) is 11.4 Å². The molecule has 0 aliphatic carbocycles. The molecule has 3 rings (SSSR count). The van der Waals surface area contributed by atoms with E-state index in [1.807, 2.05) is 6.07 Å². The lowest BCUT2D eigenvalue weighted by Gasteiger charge is -2.13. The predicted octanol–water partition coefficient (Wildman–Crippen LogP) is 4.94. The van der Waals surface area contributed by atoms with Crippen molar-refractivity contribution in [2.75, 3.05) is 38.5 Å². The van der Waals surface area contributed by atoms with Gasteiger partial charge in [-0.05, 0) is 24.3 Å². The van der Waals surface area contributed by atoms with Crippen LogP contribution in [-0.4, -0.2) is 42.6 Å². The average molecular weight is 525 g/mol. The summed E-state index contributed by atoms with van der Waals surface area (Å²) < 4.78 is 49.4. The number of hydrogen-bond acceptors (Lipinski definition) is 8. The van der Waals surface area contributed by atoms with Crippen molar-refractivity contribution in [1.82, 2.24) is 0 Å². The number of rotatable bonds is 12. The highest BCUT2D eigenvalue weighted by Crippen LogP contribution is 2.35. The lowest BCUT2D eigenvalue weighted by Crippen LogP contribution is -2.09. The fourth-order valence-corrected chi connectivity index (χ4v) is 4.18. The Bertz CT molecular complexity index is 1380. The normalized spacial score (nSPS) is 11.4. The smallest absolute Gasteiger partial charge is 0.255 e. The third-order valence-corrected chi connectivity index (χ3v) is 6.17. The van der Waals surface area contributed by atoms with Gasteiger partial charge in [0, 0.05) is 30.0 Å². The maximum atomic E-state index is 12.8. The topological polar surface area (TPSA) is 112 Å².